The molecule has 0 spiro atoms. The third kappa shape index (κ3) is 4.33. The second-order valence-corrected chi connectivity index (χ2v) is 5.54. The summed E-state index contributed by atoms with van der Waals surface area (Å²) in [5.74, 6) is -1.81. The molecule has 0 saturated heterocycles. The lowest BCUT2D eigenvalue weighted by Crippen LogP contribution is -2.20. The van der Waals surface area contributed by atoms with E-state index >= 15 is 0 Å². The Hall–Kier alpha value is -3.47. The molecule has 0 radical (unpaired) electrons. The summed E-state index contributed by atoms with van der Waals surface area (Å²) < 4.78 is 18.3. The average molecular weight is 349 g/mol. The molecular formula is C21H16FNO3. The Bertz CT molecular complexity index is 976. The van der Waals surface area contributed by atoms with Gasteiger partial charge in [-0.25, -0.2) is 9.18 Å². The summed E-state index contributed by atoms with van der Waals surface area (Å²) in [5, 5.41) is 4.42. The summed E-state index contributed by atoms with van der Waals surface area (Å²) in [5.41, 5.74) is 0.913. The van der Waals surface area contributed by atoms with Crippen LogP contribution in [0.4, 0.5) is 10.1 Å². The normalized spacial score (nSPS) is 10.8. The van der Waals surface area contributed by atoms with E-state index in [1.807, 2.05) is 42.5 Å². The highest BCUT2D eigenvalue weighted by molar-refractivity contribution is 5.97. The minimum atomic E-state index is -0.651. The Labute approximate surface area is 149 Å². The fraction of sp³-hybridized carbons (Fsp3) is 0.0476. The molecule has 4 nitrogen and oxygen atoms in total. The zero-order chi connectivity index (χ0) is 18.4. The average Bonchev–Trinajstić information content (AvgIpc) is 2.66. The number of benzene rings is 3. The molecule has 0 aliphatic rings. The first kappa shape index (κ1) is 17.4. The van der Waals surface area contributed by atoms with E-state index in [0.29, 0.717) is 0 Å². The molecule has 0 bridgehead atoms. The predicted octanol–water partition coefficient (Wildman–Crippen LogP) is 4.17. The summed E-state index contributed by atoms with van der Waals surface area (Å²) in [4.78, 5) is 23.6. The number of ether oxygens (including phenoxy) is 1. The zero-order valence-electron chi connectivity index (χ0n) is 13.8. The summed E-state index contributed by atoms with van der Waals surface area (Å²) in [7, 11) is 0. The molecule has 3 aromatic rings. The van der Waals surface area contributed by atoms with Gasteiger partial charge < -0.3 is 10.1 Å². The molecule has 3 rings (SSSR count). The predicted molar refractivity (Wildman–Crippen MR) is 99.0 cm³/mol. The number of hydrogen-bond acceptors (Lipinski definition) is 3. The molecule has 0 aromatic heterocycles. The van der Waals surface area contributed by atoms with E-state index in [4.69, 9.17) is 4.74 Å². The van der Waals surface area contributed by atoms with Gasteiger partial charge in [0.2, 0.25) is 0 Å². The van der Waals surface area contributed by atoms with E-state index in [2.05, 4.69) is 5.32 Å². The van der Waals surface area contributed by atoms with E-state index in [1.165, 1.54) is 24.3 Å². The molecule has 0 fully saturated rings. The van der Waals surface area contributed by atoms with Crippen LogP contribution < -0.4 is 5.32 Å². The number of halogens is 1. The van der Waals surface area contributed by atoms with E-state index in [-0.39, 0.29) is 5.69 Å². The van der Waals surface area contributed by atoms with Gasteiger partial charge in [-0.1, -0.05) is 54.6 Å². The first-order valence-electron chi connectivity index (χ1n) is 8.00. The van der Waals surface area contributed by atoms with Crippen molar-refractivity contribution in [2.45, 2.75) is 0 Å². The number of nitrogens with one attached hydrogen (secondary N) is 1. The minimum absolute atomic E-state index is 0.0415. The van der Waals surface area contributed by atoms with Crippen molar-refractivity contribution in [3.63, 3.8) is 0 Å². The summed E-state index contributed by atoms with van der Waals surface area (Å²) in [6.07, 6.45) is 2.90. The van der Waals surface area contributed by atoms with Crippen LogP contribution >= 0.6 is 0 Å². The molecule has 26 heavy (non-hydrogen) atoms. The number of carbonyl (C=O) groups is 2. The number of anilines is 1. The van der Waals surface area contributed by atoms with Crippen LogP contribution in [0.5, 0.6) is 0 Å². The SMILES string of the molecule is O=C(COC(=O)/C=C/c1cccc2ccccc12)Nc1ccccc1F. The Morgan fingerprint density at radius 1 is 0.962 bits per heavy atom. The van der Waals surface area contributed by atoms with Gasteiger partial charge in [-0.05, 0) is 34.5 Å². The van der Waals surface area contributed by atoms with Gasteiger partial charge in [0.05, 0.1) is 5.69 Å². The van der Waals surface area contributed by atoms with E-state index in [1.54, 1.807) is 12.1 Å². The van der Waals surface area contributed by atoms with Crippen LogP contribution in [0.15, 0.2) is 72.8 Å². The molecule has 0 unspecified atom stereocenters. The van der Waals surface area contributed by atoms with Crippen LogP contribution in [-0.4, -0.2) is 18.5 Å². The largest absolute Gasteiger partial charge is 0.452 e. The van der Waals surface area contributed by atoms with Crippen molar-refractivity contribution in [2.24, 2.45) is 0 Å². The fourth-order valence-electron chi connectivity index (χ4n) is 2.49. The van der Waals surface area contributed by atoms with Crippen molar-refractivity contribution >= 4 is 34.4 Å². The molecule has 1 N–H and O–H groups in total. The molecule has 130 valence electrons. The highest BCUT2D eigenvalue weighted by atomic mass is 19.1. The second-order valence-electron chi connectivity index (χ2n) is 5.54. The maximum absolute atomic E-state index is 13.5. The quantitative estimate of drug-likeness (QED) is 0.555. The van der Waals surface area contributed by atoms with Gasteiger partial charge >= 0.3 is 5.97 Å². The summed E-state index contributed by atoms with van der Waals surface area (Å²) >= 11 is 0. The summed E-state index contributed by atoms with van der Waals surface area (Å²) in [6.45, 7) is -0.493. The van der Waals surface area contributed by atoms with E-state index < -0.39 is 24.3 Å². The molecule has 3 aromatic carbocycles. The number of hydrogen-bond donors (Lipinski definition) is 1. The minimum Gasteiger partial charge on any atom is -0.452 e. The summed E-state index contributed by atoms with van der Waals surface area (Å²) in [6, 6.07) is 19.3. The molecule has 0 aliphatic carbocycles. The van der Waals surface area contributed by atoms with Gasteiger partial charge in [0.25, 0.3) is 5.91 Å². The second kappa shape index (κ2) is 8.07. The first-order chi connectivity index (χ1) is 12.6. The Morgan fingerprint density at radius 2 is 1.69 bits per heavy atom. The number of para-hydroxylation sites is 1. The van der Waals surface area contributed by atoms with Crippen molar-refractivity contribution in [1.29, 1.82) is 0 Å². The Morgan fingerprint density at radius 3 is 2.54 bits per heavy atom. The van der Waals surface area contributed by atoms with E-state index in [9.17, 15) is 14.0 Å². The molecule has 0 atom stereocenters. The van der Waals surface area contributed by atoms with Crippen molar-refractivity contribution < 1.29 is 18.7 Å². The van der Waals surface area contributed by atoms with Crippen molar-refractivity contribution in [2.75, 3.05) is 11.9 Å². The maximum Gasteiger partial charge on any atom is 0.331 e. The number of esters is 1. The molecule has 5 heteroatoms. The van der Waals surface area contributed by atoms with Gasteiger partial charge in [-0.3, -0.25) is 4.79 Å². The third-order valence-corrected chi connectivity index (χ3v) is 3.72. The lowest BCUT2D eigenvalue weighted by molar-refractivity contribution is -0.142. The molecule has 0 heterocycles. The van der Waals surface area contributed by atoms with E-state index in [0.717, 1.165) is 16.3 Å². The van der Waals surface area contributed by atoms with Crippen LogP contribution in [-0.2, 0) is 14.3 Å². The maximum atomic E-state index is 13.5. The van der Waals surface area contributed by atoms with Crippen molar-refractivity contribution in [3.05, 3.63) is 84.2 Å². The zero-order valence-corrected chi connectivity index (χ0v) is 13.8. The lowest BCUT2D eigenvalue weighted by atomic mass is 10.0. The van der Waals surface area contributed by atoms with Crippen LogP contribution in [0.2, 0.25) is 0 Å². The number of carbonyl (C=O) groups excluding carboxylic acids is 2. The standard InChI is InChI=1S/C21H16FNO3/c22-18-10-3-4-11-19(18)23-20(24)14-26-21(25)13-12-16-8-5-7-15-6-1-2-9-17(15)16/h1-13H,14H2,(H,23,24)/b13-12+. The number of fused-ring (bicyclic) bond motifs is 1. The molecule has 1 amide bonds. The highest BCUT2D eigenvalue weighted by Crippen LogP contribution is 2.19. The number of rotatable bonds is 5. The molecule has 0 saturated carbocycles. The lowest BCUT2D eigenvalue weighted by Gasteiger charge is -2.06. The van der Waals surface area contributed by atoms with Crippen LogP contribution in [0.25, 0.3) is 16.8 Å². The topological polar surface area (TPSA) is 55.4 Å². The first-order valence-corrected chi connectivity index (χ1v) is 8.00. The van der Waals surface area contributed by atoms with Gasteiger partial charge in [0.15, 0.2) is 6.61 Å². The molecular weight excluding hydrogens is 333 g/mol. The third-order valence-electron chi connectivity index (χ3n) is 3.72. The van der Waals surface area contributed by atoms with Crippen molar-refractivity contribution in [3.8, 4) is 0 Å². The highest BCUT2D eigenvalue weighted by Gasteiger charge is 2.08. The van der Waals surface area contributed by atoms with Gasteiger partial charge in [-0.15, -0.1) is 0 Å². The Kier molecular flexibility index (Phi) is 5.39. The fourth-order valence-corrected chi connectivity index (χ4v) is 2.49. The number of amides is 1. The Balaban J connectivity index is 1.58. The van der Waals surface area contributed by atoms with Crippen molar-refractivity contribution in [1.82, 2.24) is 0 Å². The smallest absolute Gasteiger partial charge is 0.331 e. The molecule has 0 aliphatic heterocycles. The monoisotopic (exact) mass is 349 g/mol. The van der Waals surface area contributed by atoms with Gasteiger partial charge in [0.1, 0.15) is 5.82 Å². The van der Waals surface area contributed by atoms with Gasteiger partial charge in [-0.2, -0.15) is 0 Å². The van der Waals surface area contributed by atoms with Crippen LogP contribution in [0, 0.1) is 5.82 Å². The van der Waals surface area contributed by atoms with Crippen LogP contribution in [0.3, 0.4) is 0 Å². The van der Waals surface area contributed by atoms with Gasteiger partial charge in [0, 0.05) is 6.08 Å². The van der Waals surface area contributed by atoms with Crippen LogP contribution in [0.1, 0.15) is 5.56 Å².